The van der Waals surface area contributed by atoms with Gasteiger partial charge in [0, 0.05) is 10.8 Å². The number of hydrogen-bond acceptors (Lipinski definition) is 5. The first-order valence-corrected chi connectivity index (χ1v) is 6.27. The van der Waals surface area contributed by atoms with Crippen LogP contribution in [0.25, 0.3) is 10.8 Å². The minimum Gasteiger partial charge on any atom is -0.471 e. The zero-order valence-corrected chi connectivity index (χ0v) is 10.8. The molecule has 0 saturated heterocycles. The van der Waals surface area contributed by atoms with Crippen LogP contribution in [0.4, 0.5) is 5.82 Å². The Morgan fingerprint density at radius 2 is 1.60 bits per heavy atom. The lowest BCUT2D eigenvalue weighted by Gasteiger charge is -2.09. The number of nitrogens with two attached hydrogens (primary N) is 1. The van der Waals surface area contributed by atoms with Crippen molar-refractivity contribution in [2.24, 2.45) is 5.84 Å². The fourth-order valence-electron chi connectivity index (χ4n) is 2.02. The van der Waals surface area contributed by atoms with E-state index in [0.717, 1.165) is 16.3 Å². The van der Waals surface area contributed by atoms with Gasteiger partial charge in [-0.15, -0.1) is 10.2 Å². The van der Waals surface area contributed by atoms with Crippen molar-refractivity contribution < 1.29 is 4.74 Å². The number of aromatic nitrogens is 2. The highest BCUT2D eigenvalue weighted by Gasteiger charge is 2.09. The van der Waals surface area contributed by atoms with Crippen LogP contribution in [0.5, 0.6) is 5.88 Å². The molecule has 5 nitrogen and oxygen atoms in total. The van der Waals surface area contributed by atoms with Gasteiger partial charge in [0.1, 0.15) is 6.61 Å². The molecule has 0 aliphatic carbocycles. The molecular formula is C15H14N4O. The average Bonchev–Trinajstić information content (AvgIpc) is 2.53. The monoisotopic (exact) mass is 266 g/mol. The second-order valence-corrected chi connectivity index (χ2v) is 4.32. The van der Waals surface area contributed by atoms with Crippen molar-refractivity contribution in [3.8, 4) is 5.88 Å². The van der Waals surface area contributed by atoms with Crippen molar-refractivity contribution >= 4 is 16.6 Å². The van der Waals surface area contributed by atoms with E-state index < -0.39 is 0 Å². The molecule has 0 fully saturated rings. The maximum absolute atomic E-state index is 5.76. The molecule has 0 atom stereocenters. The molecule has 20 heavy (non-hydrogen) atoms. The highest BCUT2D eigenvalue weighted by Crippen LogP contribution is 2.27. The predicted molar refractivity (Wildman–Crippen MR) is 78.1 cm³/mol. The highest BCUT2D eigenvalue weighted by molar-refractivity contribution is 5.94. The number of nitrogen functional groups attached to an aromatic ring is 1. The minimum atomic E-state index is 0.453. The summed E-state index contributed by atoms with van der Waals surface area (Å²) in [7, 11) is 0. The fourth-order valence-corrected chi connectivity index (χ4v) is 2.02. The molecule has 5 heteroatoms. The van der Waals surface area contributed by atoms with Gasteiger partial charge >= 0.3 is 0 Å². The summed E-state index contributed by atoms with van der Waals surface area (Å²) >= 11 is 0. The Morgan fingerprint density at radius 1 is 0.900 bits per heavy atom. The van der Waals surface area contributed by atoms with Crippen molar-refractivity contribution in [3.05, 3.63) is 60.2 Å². The maximum atomic E-state index is 5.76. The average molecular weight is 266 g/mol. The first-order chi connectivity index (χ1) is 9.88. The molecule has 2 aromatic carbocycles. The molecule has 0 unspecified atom stereocenters. The van der Waals surface area contributed by atoms with Crippen LogP contribution in [0.3, 0.4) is 0 Å². The van der Waals surface area contributed by atoms with Crippen molar-refractivity contribution in [2.75, 3.05) is 5.43 Å². The van der Waals surface area contributed by atoms with Crippen molar-refractivity contribution in [3.63, 3.8) is 0 Å². The van der Waals surface area contributed by atoms with E-state index in [4.69, 9.17) is 10.6 Å². The van der Waals surface area contributed by atoms with Gasteiger partial charge in [0.25, 0.3) is 0 Å². The van der Waals surface area contributed by atoms with Gasteiger partial charge in [0.05, 0.1) is 0 Å². The number of nitrogens with one attached hydrogen (secondary N) is 1. The summed E-state index contributed by atoms with van der Waals surface area (Å²) in [6.07, 6.45) is 0. The fraction of sp³-hybridized carbons (Fsp3) is 0.0667. The van der Waals surface area contributed by atoms with Crippen molar-refractivity contribution in [1.29, 1.82) is 0 Å². The van der Waals surface area contributed by atoms with E-state index in [9.17, 15) is 0 Å². The Morgan fingerprint density at radius 3 is 2.35 bits per heavy atom. The summed E-state index contributed by atoms with van der Waals surface area (Å²) in [5.74, 6) is 6.48. The van der Waals surface area contributed by atoms with E-state index in [1.54, 1.807) is 0 Å². The lowest BCUT2D eigenvalue weighted by atomic mass is 10.2. The smallest absolute Gasteiger partial charge is 0.241 e. The van der Waals surface area contributed by atoms with Gasteiger partial charge in [0.15, 0.2) is 5.82 Å². The van der Waals surface area contributed by atoms with Gasteiger partial charge in [-0.3, -0.25) is 0 Å². The lowest BCUT2D eigenvalue weighted by molar-refractivity contribution is 0.295. The van der Waals surface area contributed by atoms with Crippen LogP contribution in [0.1, 0.15) is 5.56 Å². The third-order valence-corrected chi connectivity index (χ3v) is 3.01. The van der Waals surface area contributed by atoms with E-state index >= 15 is 0 Å². The molecule has 0 aliphatic heterocycles. The lowest BCUT2D eigenvalue weighted by Crippen LogP contribution is -2.10. The predicted octanol–water partition coefficient (Wildman–Crippen LogP) is 2.49. The van der Waals surface area contributed by atoms with Crippen LogP contribution in [0, 0.1) is 0 Å². The summed E-state index contributed by atoms with van der Waals surface area (Å²) in [6, 6.07) is 17.6. The van der Waals surface area contributed by atoms with Gasteiger partial charge in [0.2, 0.25) is 5.88 Å². The highest BCUT2D eigenvalue weighted by atomic mass is 16.5. The van der Waals surface area contributed by atoms with Crippen LogP contribution in [-0.4, -0.2) is 10.2 Å². The Bertz CT molecular complexity index is 715. The molecule has 0 spiro atoms. The Balaban J connectivity index is 1.92. The van der Waals surface area contributed by atoms with Crippen LogP contribution in [-0.2, 0) is 6.61 Å². The Hall–Kier alpha value is -2.66. The first kappa shape index (κ1) is 12.4. The van der Waals surface area contributed by atoms with Gasteiger partial charge in [-0.25, -0.2) is 5.84 Å². The molecule has 0 bridgehead atoms. The number of benzene rings is 2. The maximum Gasteiger partial charge on any atom is 0.241 e. The molecule has 3 N–H and O–H groups in total. The zero-order valence-electron chi connectivity index (χ0n) is 10.8. The topological polar surface area (TPSA) is 73.1 Å². The number of hydrazine groups is 1. The molecule has 0 aliphatic rings. The molecule has 0 amide bonds. The second kappa shape index (κ2) is 5.54. The zero-order chi connectivity index (χ0) is 13.8. The van der Waals surface area contributed by atoms with Gasteiger partial charge in [-0.05, 0) is 11.6 Å². The van der Waals surface area contributed by atoms with Gasteiger partial charge < -0.3 is 10.2 Å². The van der Waals surface area contributed by atoms with E-state index in [1.165, 1.54) is 0 Å². The molecule has 100 valence electrons. The van der Waals surface area contributed by atoms with E-state index in [0.29, 0.717) is 18.3 Å². The third kappa shape index (κ3) is 2.39. The van der Waals surface area contributed by atoms with Crippen molar-refractivity contribution in [1.82, 2.24) is 10.2 Å². The number of ether oxygens (including phenoxy) is 1. The third-order valence-electron chi connectivity index (χ3n) is 3.01. The SMILES string of the molecule is NNc1nnc(OCc2ccccc2)c2ccccc12. The van der Waals surface area contributed by atoms with E-state index in [2.05, 4.69) is 15.6 Å². The number of rotatable bonds is 4. The van der Waals surface area contributed by atoms with Gasteiger partial charge in [-0.2, -0.15) is 0 Å². The molecule has 3 rings (SSSR count). The number of hydrogen-bond donors (Lipinski definition) is 2. The quantitative estimate of drug-likeness (QED) is 0.560. The van der Waals surface area contributed by atoms with Crippen LogP contribution >= 0.6 is 0 Å². The van der Waals surface area contributed by atoms with Crippen molar-refractivity contribution in [2.45, 2.75) is 6.61 Å². The normalized spacial score (nSPS) is 10.4. The standard InChI is InChI=1S/C15H14N4O/c16-17-14-12-8-4-5-9-13(12)15(19-18-14)20-10-11-6-2-1-3-7-11/h1-9H,10,16H2,(H,17,18). The molecule has 1 heterocycles. The summed E-state index contributed by atoms with van der Waals surface area (Å²) < 4.78 is 5.76. The number of fused-ring (bicyclic) bond motifs is 1. The van der Waals surface area contributed by atoms with Crippen LogP contribution in [0.2, 0.25) is 0 Å². The molecule has 0 radical (unpaired) electrons. The Kier molecular flexibility index (Phi) is 3.43. The summed E-state index contributed by atoms with van der Waals surface area (Å²) in [6.45, 7) is 0.453. The molecule has 0 saturated carbocycles. The van der Waals surface area contributed by atoms with Crippen LogP contribution < -0.4 is 16.0 Å². The van der Waals surface area contributed by atoms with Gasteiger partial charge in [-0.1, -0.05) is 48.5 Å². The van der Waals surface area contributed by atoms with Crippen LogP contribution in [0.15, 0.2) is 54.6 Å². The minimum absolute atomic E-state index is 0.453. The Labute approximate surface area is 116 Å². The molecular weight excluding hydrogens is 252 g/mol. The first-order valence-electron chi connectivity index (χ1n) is 6.27. The van der Waals surface area contributed by atoms with E-state index in [-0.39, 0.29) is 0 Å². The number of nitrogens with zero attached hydrogens (tertiary/aromatic N) is 2. The number of anilines is 1. The molecule has 1 aromatic heterocycles. The largest absolute Gasteiger partial charge is 0.471 e. The second-order valence-electron chi connectivity index (χ2n) is 4.32. The molecule has 3 aromatic rings. The van der Waals surface area contributed by atoms with E-state index in [1.807, 2.05) is 54.6 Å². The summed E-state index contributed by atoms with van der Waals surface area (Å²) in [5, 5.41) is 9.87. The summed E-state index contributed by atoms with van der Waals surface area (Å²) in [5.41, 5.74) is 3.62. The summed E-state index contributed by atoms with van der Waals surface area (Å²) in [4.78, 5) is 0.